The molecule has 4 nitrogen and oxygen atoms in total. The van der Waals surface area contributed by atoms with Crippen molar-refractivity contribution >= 4 is 21.8 Å². The number of amides is 1. The molecule has 1 N–H and O–H groups in total. The molecule has 0 aliphatic rings. The lowest BCUT2D eigenvalue weighted by Gasteiger charge is -2.02. The van der Waals surface area contributed by atoms with Crippen LogP contribution < -0.4 is 5.32 Å². The Labute approximate surface area is 101 Å². The maximum atomic E-state index is 11.7. The minimum atomic E-state index is -0.135. The van der Waals surface area contributed by atoms with Crippen molar-refractivity contribution in [3.63, 3.8) is 0 Å². The van der Waals surface area contributed by atoms with Gasteiger partial charge in [-0.25, -0.2) is 0 Å². The highest BCUT2D eigenvalue weighted by Crippen LogP contribution is 2.10. The number of carbonyl (C=O) groups excluding carboxylic acids is 1. The van der Waals surface area contributed by atoms with Gasteiger partial charge in [-0.1, -0.05) is 21.1 Å². The second-order valence-electron chi connectivity index (χ2n) is 3.17. The van der Waals surface area contributed by atoms with E-state index in [9.17, 15) is 4.79 Å². The third kappa shape index (κ3) is 2.70. The van der Waals surface area contributed by atoms with Crippen LogP contribution in [0.15, 0.2) is 45.5 Å². The molecule has 1 amide bonds. The molecule has 0 atom stereocenters. The van der Waals surface area contributed by atoms with Crippen LogP contribution in [0.25, 0.3) is 0 Å². The van der Waals surface area contributed by atoms with E-state index >= 15 is 0 Å². The lowest BCUT2D eigenvalue weighted by molar-refractivity contribution is 0.0947. The average Bonchev–Trinajstić information content (AvgIpc) is 2.80. The molecule has 2 rings (SSSR count). The van der Waals surface area contributed by atoms with E-state index in [-0.39, 0.29) is 5.91 Å². The molecule has 0 fully saturated rings. The Balaban J connectivity index is 1.95. The molecule has 1 heterocycles. The van der Waals surface area contributed by atoms with Crippen LogP contribution in [0.4, 0.5) is 0 Å². The lowest BCUT2D eigenvalue weighted by atomic mass is 10.2. The highest BCUT2D eigenvalue weighted by Gasteiger charge is 2.05. The molecule has 0 saturated heterocycles. The molecule has 0 saturated carbocycles. The van der Waals surface area contributed by atoms with Crippen LogP contribution in [0.1, 0.15) is 16.1 Å². The molecule has 2 aromatic rings. The van der Waals surface area contributed by atoms with Gasteiger partial charge in [0.15, 0.2) is 5.76 Å². The number of hydrogen-bond donors (Lipinski definition) is 1. The summed E-state index contributed by atoms with van der Waals surface area (Å²) in [5.74, 6) is 0.495. The van der Waals surface area contributed by atoms with Crippen LogP contribution in [-0.2, 0) is 6.54 Å². The van der Waals surface area contributed by atoms with Crippen molar-refractivity contribution in [3.8, 4) is 0 Å². The topological polar surface area (TPSA) is 55.1 Å². The van der Waals surface area contributed by atoms with E-state index in [1.54, 1.807) is 24.4 Å². The normalized spacial score (nSPS) is 10.1. The van der Waals surface area contributed by atoms with Crippen molar-refractivity contribution in [1.82, 2.24) is 10.5 Å². The maximum Gasteiger partial charge on any atom is 0.251 e. The van der Waals surface area contributed by atoms with Crippen molar-refractivity contribution < 1.29 is 9.32 Å². The lowest BCUT2D eigenvalue weighted by Crippen LogP contribution is -2.22. The van der Waals surface area contributed by atoms with E-state index in [0.29, 0.717) is 17.9 Å². The molecule has 0 spiro atoms. The van der Waals surface area contributed by atoms with Gasteiger partial charge in [-0.05, 0) is 24.3 Å². The highest BCUT2D eigenvalue weighted by atomic mass is 79.9. The Morgan fingerprint density at radius 1 is 1.31 bits per heavy atom. The Morgan fingerprint density at radius 2 is 2.06 bits per heavy atom. The Morgan fingerprint density at radius 3 is 2.69 bits per heavy atom. The third-order valence-corrected chi connectivity index (χ3v) is 2.55. The van der Waals surface area contributed by atoms with E-state index in [4.69, 9.17) is 4.52 Å². The summed E-state index contributed by atoms with van der Waals surface area (Å²) in [7, 11) is 0. The zero-order valence-electron chi connectivity index (χ0n) is 8.31. The number of nitrogens with one attached hydrogen (secondary N) is 1. The van der Waals surface area contributed by atoms with Gasteiger partial charge in [-0.2, -0.15) is 0 Å². The van der Waals surface area contributed by atoms with E-state index in [1.807, 2.05) is 12.1 Å². The number of nitrogens with zero attached hydrogens (tertiary/aromatic N) is 1. The van der Waals surface area contributed by atoms with Gasteiger partial charge in [-0.15, -0.1) is 0 Å². The van der Waals surface area contributed by atoms with Gasteiger partial charge in [0.05, 0.1) is 12.7 Å². The first-order valence-electron chi connectivity index (χ1n) is 4.69. The smallest absolute Gasteiger partial charge is 0.251 e. The minimum Gasteiger partial charge on any atom is -0.360 e. The van der Waals surface area contributed by atoms with Gasteiger partial charge >= 0.3 is 0 Å². The van der Waals surface area contributed by atoms with Gasteiger partial charge in [0.1, 0.15) is 0 Å². The van der Waals surface area contributed by atoms with Crippen LogP contribution in [0, 0.1) is 0 Å². The van der Waals surface area contributed by atoms with E-state index in [2.05, 4.69) is 26.4 Å². The standard InChI is InChI=1S/C11H9BrN2O2/c12-9-3-1-8(2-4-9)11(15)13-7-10-5-6-14-16-10/h1-6H,7H2,(H,13,15). The second kappa shape index (κ2) is 4.94. The van der Waals surface area contributed by atoms with E-state index in [0.717, 1.165) is 4.47 Å². The fourth-order valence-corrected chi connectivity index (χ4v) is 1.47. The molecule has 0 unspecified atom stereocenters. The van der Waals surface area contributed by atoms with Crippen molar-refractivity contribution in [1.29, 1.82) is 0 Å². The first kappa shape index (κ1) is 10.9. The molecule has 16 heavy (non-hydrogen) atoms. The number of benzene rings is 1. The van der Waals surface area contributed by atoms with E-state index in [1.165, 1.54) is 0 Å². The van der Waals surface area contributed by atoms with Gasteiger partial charge in [-0.3, -0.25) is 4.79 Å². The van der Waals surface area contributed by atoms with Crippen LogP contribution in [0.2, 0.25) is 0 Å². The molecular weight excluding hydrogens is 272 g/mol. The summed E-state index contributed by atoms with van der Waals surface area (Å²) in [6, 6.07) is 8.86. The number of rotatable bonds is 3. The van der Waals surface area contributed by atoms with Crippen LogP contribution >= 0.6 is 15.9 Å². The number of hydrogen-bond acceptors (Lipinski definition) is 3. The van der Waals surface area contributed by atoms with Crippen molar-refractivity contribution in [3.05, 3.63) is 52.3 Å². The second-order valence-corrected chi connectivity index (χ2v) is 4.08. The quantitative estimate of drug-likeness (QED) is 0.939. The van der Waals surface area contributed by atoms with Crippen LogP contribution in [0.3, 0.4) is 0 Å². The predicted octanol–water partition coefficient (Wildman–Crippen LogP) is 2.37. The molecule has 0 aliphatic carbocycles. The van der Waals surface area contributed by atoms with Gasteiger partial charge in [0, 0.05) is 16.1 Å². The predicted molar refractivity (Wildman–Crippen MR) is 61.8 cm³/mol. The van der Waals surface area contributed by atoms with Gasteiger partial charge in [0.2, 0.25) is 0 Å². The van der Waals surface area contributed by atoms with E-state index < -0.39 is 0 Å². The zero-order chi connectivity index (χ0) is 11.4. The fraction of sp³-hybridized carbons (Fsp3) is 0.0909. The van der Waals surface area contributed by atoms with Crippen LogP contribution in [0.5, 0.6) is 0 Å². The Hall–Kier alpha value is -1.62. The summed E-state index contributed by atoms with van der Waals surface area (Å²) in [6.45, 7) is 0.342. The zero-order valence-corrected chi connectivity index (χ0v) is 9.90. The average molecular weight is 281 g/mol. The third-order valence-electron chi connectivity index (χ3n) is 2.02. The molecule has 1 aromatic heterocycles. The Kier molecular flexibility index (Phi) is 3.36. The molecule has 0 radical (unpaired) electrons. The van der Waals surface area contributed by atoms with Gasteiger partial charge in [0.25, 0.3) is 5.91 Å². The van der Waals surface area contributed by atoms with Crippen molar-refractivity contribution in [2.24, 2.45) is 0 Å². The highest BCUT2D eigenvalue weighted by molar-refractivity contribution is 9.10. The largest absolute Gasteiger partial charge is 0.360 e. The summed E-state index contributed by atoms with van der Waals surface area (Å²) in [5, 5.41) is 6.28. The summed E-state index contributed by atoms with van der Waals surface area (Å²) in [6.07, 6.45) is 1.54. The van der Waals surface area contributed by atoms with Crippen LogP contribution in [-0.4, -0.2) is 11.1 Å². The SMILES string of the molecule is O=C(NCc1ccno1)c1ccc(Br)cc1. The number of aromatic nitrogens is 1. The fourth-order valence-electron chi connectivity index (χ4n) is 1.20. The molecule has 1 aromatic carbocycles. The maximum absolute atomic E-state index is 11.7. The number of halogens is 1. The summed E-state index contributed by atoms with van der Waals surface area (Å²) in [5.41, 5.74) is 0.614. The van der Waals surface area contributed by atoms with Gasteiger partial charge < -0.3 is 9.84 Å². The minimum absolute atomic E-state index is 0.135. The summed E-state index contributed by atoms with van der Waals surface area (Å²) in [4.78, 5) is 11.7. The molecule has 5 heteroatoms. The number of carbonyl (C=O) groups is 1. The molecular formula is C11H9BrN2O2. The summed E-state index contributed by atoms with van der Waals surface area (Å²) >= 11 is 3.31. The monoisotopic (exact) mass is 280 g/mol. The molecule has 0 aliphatic heterocycles. The summed E-state index contributed by atoms with van der Waals surface area (Å²) < 4.78 is 5.81. The molecule has 82 valence electrons. The van der Waals surface area contributed by atoms with Crippen molar-refractivity contribution in [2.45, 2.75) is 6.54 Å². The molecule has 0 bridgehead atoms. The van der Waals surface area contributed by atoms with Crippen molar-refractivity contribution in [2.75, 3.05) is 0 Å². The Bertz CT molecular complexity index is 465. The first-order chi connectivity index (χ1) is 7.75. The first-order valence-corrected chi connectivity index (χ1v) is 5.48.